The van der Waals surface area contributed by atoms with Crippen molar-refractivity contribution in [1.82, 2.24) is 25.3 Å². The number of nitrogens with zero attached hydrogens (tertiary/aromatic N) is 4. The van der Waals surface area contributed by atoms with Crippen molar-refractivity contribution >= 4 is 17.5 Å². The number of carbonyl (C=O) groups excluding carboxylic acids is 1. The third-order valence-electron chi connectivity index (χ3n) is 4.65. The topological polar surface area (TPSA) is 72.7 Å². The van der Waals surface area contributed by atoms with Crippen LogP contribution in [-0.2, 0) is 12.7 Å². The molecular weight excluding hydrogens is 443 g/mol. The molecule has 0 spiro atoms. The zero-order chi connectivity index (χ0) is 22.7. The van der Waals surface area contributed by atoms with Crippen LogP contribution in [0.4, 0.5) is 13.2 Å². The van der Waals surface area contributed by atoms with E-state index in [9.17, 15) is 18.0 Å². The number of hydrogen-bond acceptors (Lipinski definition) is 4. The Bertz CT molecular complexity index is 1240. The molecule has 2 aromatic carbocycles. The van der Waals surface area contributed by atoms with Gasteiger partial charge in [0.25, 0.3) is 5.91 Å². The Labute approximate surface area is 185 Å². The first kappa shape index (κ1) is 21.5. The molecule has 0 saturated carbocycles. The third-order valence-corrected chi connectivity index (χ3v) is 4.91. The fourth-order valence-electron chi connectivity index (χ4n) is 3.17. The lowest BCUT2D eigenvalue weighted by Crippen LogP contribution is -2.25. The molecule has 0 atom stereocenters. The van der Waals surface area contributed by atoms with Gasteiger partial charge in [-0.3, -0.25) is 9.78 Å². The average molecular weight is 458 g/mol. The molecule has 0 aliphatic heterocycles. The number of alkyl halides is 3. The maximum Gasteiger partial charge on any atom is 0.416 e. The maximum atomic E-state index is 13.2. The van der Waals surface area contributed by atoms with Crippen molar-refractivity contribution < 1.29 is 18.0 Å². The minimum Gasteiger partial charge on any atom is -0.346 e. The molecule has 6 nitrogen and oxygen atoms in total. The van der Waals surface area contributed by atoms with Gasteiger partial charge in [0.15, 0.2) is 5.69 Å². The van der Waals surface area contributed by atoms with Crippen LogP contribution in [0.25, 0.3) is 16.9 Å². The first-order valence-electron chi connectivity index (χ1n) is 9.40. The summed E-state index contributed by atoms with van der Waals surface area (Å²) in [5, 5.41) is 11.1. The molecule has 4 rings (SSSR count). The molecule has 0 radical (unpaired) electrons. The number of amides is 1. The molecule has 2 heterocycles. The van der Waals surface area contributed by atoms with E-state index in [1.54, 1.807) is 48.8 Å². The SMILES string of the molecule is O=C(NCc1ccccc1C(F)(F)F)c1nnn(-c2ccc(Cl)cc2)c1-c1cccnc1. The van der Waals surface area contributed by atoms with Crippen molar-refractivity contribution in [2.24, 2.45) is 0 Å². The minimum absolute atomic E-state index is 0.0440. The largest absolute Gasteiger partial charge is 0.416 e. The van der Waals surface area contributed by atoms with Gasteiger partial charge in [-0.1, -0.05) is 35.0 Å². The number of pyridine rings is 1. The predicted octanol–water partition coefficient (Wildman–Crippen LogP) is 4.93. The van der Waals surface area contributed by atoms with Crippen LogP contribution in [0.1, 0.15) is 21.6 Å². The number of nitrogens with one attached hydrogen (secondary N) is 1. The fourth-order valence-corrected chi connectivity index (χ4v) is 3.30. The van der Waals surface area contributed by atoms with Crippen LogP contribution in [0.2, 0.25) is 5.02 Å². The number of benzene rings is 2. The highest BCUT2D eigenvalue weighted by atomic mass is 35.5. The van der Waals surface area contributed by atoms with E-state index in [1.165, 1.54) is 22.9 Å². The van der Waals surface area contributed by atoms with Crippen molar-refractivity contribution in [2.75, 3.05) is 0 Å². The van der Waals surface area contributed by atoms with E-state index in [0.29, 0.717) is 22.0 Å². The Morgan fingerprint density at radius 1 is 1.03 bits per heavy atom. The van der Waals surface area contributed by atoms with Gasteiger partial charge in [0.05, 0.1) is 11.3 Å². The lowest BCUT2D eigenvalue weighted by molar-refractivity contribution is -0.138. The number of aromatic nitrogens is 4. The van der Waals surface area contributed by atoms with Gasteiger partial charge in [-0.05, 0) is 48.0 Å². The van der Waals surface area contributed by atoms with Gasteiger partial charge < -0.3 is 5.32 Å². The Kier molecular flexibility index (Phi) is 5.91. The fraction of sp³-hybridized carbons (Fsp3) is 0.0909. The Morgan fingerprint density at radius 3 is 2.47 bits per heavy atom. The summed E-state index contributed by atoms with van der Waals surface area (Å²) >= 11 is 5.96. The van der Waals surface area contributed by atoms with E-state index in [0.717, 1.165) is 6.07 Å². The molecule has 0 saturated heterocycles. The van der Waals surface area contributed by atoms with Crippen LogP contribution in [0.5, 0.6) is 0 Å². The van der Waals surface area contributed by atoms with Crippen LogP contribution in [0.3, 0.4) is 0 Å². The van der Waals surface area contributed by atoms with E-state index < -0.39 is 17.6 Å². The summed E-state index contributed by atoms with van der Waals surface area (Å²) in [6.07, 6.45) is -1.41. The normalized spacial score (nSPS) is 11.4. The summed E-state index contributed by atoms with van der Waals surface area (Å²) in [5.74, 6) is -0.666. The molecule has 162 valence electrons. The third kappa shape index (κ3) is 4.47. The van der Waals surface area contributed by atoms with Crippen LogP contribution >= 0.6 is 11.6 Å². The smallest absolute Gasteiger partial charge is 0.346 e. The van der Waals surface area contributed by atoms with E-state index in [2.05, 4.69) is 20.6 Å². The van der Waals surface area contributed by atoms with Crippen LogP contribution in [-0.4, -0.2) is 25.9 Å². The van der Waals surface area contributed by atoms with Gasteiger partial charge in [0, 0.05) is 29.5 Å². The molecule has 1 amide bonds. The average Bonchev–Trinajstić information content (AvgIpc) is 3.23. The van der Waals surface area contributed by atoms with Gasteiger partial charge in [0.1, 0.15) is 5.69 Å². The van der Waals surface area contributed by atoms with E-state index >= 15 is 0 Å². The monoisotopic (exact) mass is 457 g/mol. The molecule has 10 heteroatoms. The van der Waals surface area contributed by atoms with Crippen molar-refractivity contribution in [3.8, 4) is 16.9 Å². The molecule has 32 heavy (non-hydrogen) atoms. The first-order valence-corrected chi connectivity index (χ1v) is 9.78. The maximum absolute atomic E-state index is 13.2. The summed E-state index contributed by atoms with van der Waals surface area (Å²) in [7, 11) is 0. The van der Waals surface area contributed by atoms with Crippen LogP contribution in [0.15, 0.2) is 73.1 Å². The lowest BCUT2D eigenvalue weighted by atomic mass is 10.1. The second kappa shape index (κ2) is 8.80. The van der Waals surface area contributed by atoms with Crippen molar-refractivity contribution in [3.05, 3.63) is 94.9 Å². The highest BCUT2D eigenvalue weighted by Gasteiger charge is 2.33. The number of hydrogen-bond donors (Lipinski definition) is 1. The molecule has 0 bridgehead atoms. The van der Waals surface area contributed by atoms with Gasteiger partial charge in [-0.25, -0.2) is 4.68 Å². The standard InChI is InChI=1S/C22H15ClF3N5O/c23-16-7-9-17(10-8-16)31-20(15-5-3-11-27-12-15)19(29-30-31)21(32)28-13-14-4-1-2-6-18(14)22(24,25)26/h1-12H,13H2,(H,28,32). The molecule has 0 fully saturated rings. The minimum atomic E-state index is -4.53. The molecule has 0 aliphatic carbocycles. The van der Waals surface area contributed by atoms with E-state index in [4.69, 9.17) is 11.6 Å². The second-order valence-electron chi connectivity index (χ2n) is 6.75. The van der Waals surface area contributed by atoms with E-state index in [-0.39, 0.29) is 17.8 Å². The molecule has 2 aromatic heterocycles. The Balaban J connectivity index is 1.68. The second-order valence-corrected chi connectivity index (χ2v) is 7.19. The van der Waals surface area contributed by atoms with Crippen LogP contribution in [0, 0.1) is 0 Å². The molecule has 0 unspecified atom stereocenters. The summed E-state index contributed by atoms with van der Waals surface area (Å²) < 4.78 is 41.2. The number of halogens is 4. The zero-order valence-corrected chi connectivity index (χ0v) is 17.1. The summed E-state index contributed by atoms with van der Waals surface area (Å²) in [6.45, 7) is -0.325. The molecule has 0 aliphatic rings. The Hall–Kier alpha value is -3.72. The number of rotatable bonds is 5. The van der Waals surface area contributed by atoms with Crippen LogP contribution < -0.4 is 5.32 Å². The predicted molar refractivity (Wildman–Crippen MR) is 112 cm³/mol. The molecular formula is C22H15ClF3N5O. The highest BCUT2D eigenvalue weighted by molar-refractivity contribution is 6.30. The highest BCUT2D eigenvalue weighted by Crippen LogP contribution is 2.32. The number of carbonyl (C=O) groups is 1. The summed E-state index contributed by atoms with van der Waals surface area (Å²) in [4.78, 5) is 17.0. The van der Waals surface area contributed by atoms with E-state index in [1.807, 2.05) is 0 Å². The van der Waals surface area contributed by atoms with Crippen molar-refractivity contribution in [2.45, 2.75) is 12.7 Å². The van der Waals surface area contributed by atoms with Gasteiger partial charge in [-0.2, -0.15) is 13.2 Å². The lowest BCUT2D eigenvalue weighted by Gasteiger charge is -2.13. The Morgan fingerprint density at radius 2 is 1.78 bits per heavy atom. The van der Waals surface area contributed by atoms with Gasteiger partial charge >= 0.3 is 6.18 Å². The first-order chi connectivity index (χ1) is 15.3. The quantitative estimate of drug-likeness (QED) is 0.461. The molecule has 1 N–H and O–H groups in total. The zero-order valence-electron chi connectivity index (χ0n) is 16.3. The van der Waals surface area contributed by atoms with Gasteiger partial charge in [0.2, 0.25) is 0 Å². The van der Waals surface area contributed by atoms with Crippen molar-refractivity contribution in [3.63, 3.8) is 0 Å². The van der Waals surface area contributed by atoms with Crippen molar-refractivity contribution in [1.29, 1.82) is 0 Å². The summed E-state index contributed by atoms with van der Waals surface area (Å²) in [6, 6.07) is 15.2. The summed E-state index contributed by atoms with van der Waals surface area (Å²) in [5.41, 5.74) is 0.606. The van der Waals surface area contributed by atoms with Gasteiger partial charge in [-0.15, -0.1) is 5.10 Å². The molecule has 4 aromatic rings.